The van der Waals surface area contributed by atoms with Crippen LogP contribution in [0.1, 0.15) is 37.3 Å². The molecule has 6 nitrogen and oxygen atoms in total. The summed E-state index contributed by atoms with van der Waals surface area (Å²) in [5.74, 6) is 1.10. The van der Waals surface area contributed by atoms with E-state index in [-0.39, 0.29) is 5.92 Å². The molecule has 32 heavy (non-hydrogen) atoms. The van der Waals surface area contributed by atoms with Crippen LogP contribution in [0.4, 0.5) is 4.39 Å². The van der Waals surface area contributed by atoms with Crippen LogP contribution in [-0.4, -0.2) is 38.3 Å². The minimum atomic E-state index is -4.16. The highest BCUT2D eigenvalue weighted by Crippen LogP contribution is 2.41. The van der Waals surface area contributed by atoms with Crippen molar-refractivity contribution >= 4 is 24.2 Å². The van der Waals surface area contributed by atoms with Crippen LogP contribution in [0.5, 0.6) is 0 Å². The molecular formula is C24H23FNO5P. The molecule has 0 bridgehead atoms. The topological polar surface area (TPSA) is 108 Å². The Bertz CT molecular complexity index is 1260. The summed E-state index contributed by atoms with van der Waals surface area (Å²) < 4.78 is 26.1. The molecule has 8 heteroatoms. The van der Waals surface area contributed by atoms with Crippen LogP contribution in [0, 0.1) is 17.4 Å². The van der Waals surface area contributed by atoms with Crippen molar-refractivity contribution in [3.63, 3.8) is 0 Å². The molecule has 3 aromatic rings. The maximum atomic E-state index is 13.5. The van der Waals surface area contributed by atoms with E-state index in [1.165, 1.54) is 12.1 Å². The fourth-order valence-electron chi connectivity index (χ4n) is 3.52. The Hall–Kier alpha value is -3.04. The van der Waals surface area contributed by atoms with Crippen molar-refractivity contribution in [2.24, 2.45) is 0 Å². The third-order valence-electron chi connectivity index (χ3n) is 4.85. The van der Waals surface area contributed by atoms with Gasteiger partial charge in [0, 0.05) is 10.9 Å². The third kappa shape index (κ3) is 5.60. The molecule has 3 rings (SSSR count). The molecule has 0 aliphatic carbocycles. The van der Waals surface area contributed by atoms with Gasteiger partial charge in [0.2, 0.25) is 0 Å². The Morgan fingerprint density at radius 1 is 1.16 bits per heavy atom. The number of carboxylic acid groups (broad SMARTS) is 1. The van der Waals surface area contributed by atoms with Crippen molar-refractivity contribution in [2.45, 2.75) is 32.3 Å². The zero-order chi connectivity index (χ0) is 23.5. The van der Waals surface area contributed by atoms with Gasteiger partial charge in [-0.25, -0.2) is 9.37 Å². The van der Waals surface area contributed by atoms with Gasteiger partial charge in [0.15, 0.2) is 0 Å². The third-order valence-corrected chi connectivity index (χ3v) is 6.23. The molecule has 0 saturated carbocycles. The second-order valence-electron chi connectivity index (χ2n) is 7.80. The molecule has 2 atom stereocenters. The van der Waals surface area contributed by atoms with Gasteiger partial charge in [-0.15, -0.1) is 0 Å². The summed E-state index contributed by atoms with van der Waals surface area (Å²) in [6.45, 7) is 3.94. The van der Waals surface area contributed by atoms with Gasteiger partial charge in [0.25, 0.3) is 7.37 Å². The summed E-state index contributed by atoms with van der Waals surface area (Å²) in [5.41, 5.74) is 5.38. The predicted molar refractivity (Wildman–Crippen MR) is 121 cm³/mol. The van der Waals surface area contributed by atoms with Crippen molar-refractivity contribution in [3.8, 4) is 22.8 Å². The second kappa shape index (κ2) is 9.62. The van der Waals surface area contributed by atoms with Crippen LogP contribution in [0.3, 0.4) is 0 Å². The lowest BCUT2D eigenvalue weighted by atomic mass is 9.90. The minimum Gasteiger partial charge on any atom is -0.481 e. The van der Waals surface area contributed by atoms with Crippen LogP contribution >= 0.6 is 7.37 Å². The minimum absolute atomic E-state index is 0.0120. The molecule has 0 spiro atoms. The standard InChI is InChI=1S/C24H23FNO5P/c1-15(2)23-19-5-3-4-6-21(19)26-24(16-7-9-17(25)10-8-16)20(23)11-12-32(30,31)14-18(27)13-22(28)29/h3-10,15,18,27H,13-14H2,1-2H3,(H,28,29)(H,30,31). The first-order valence-corrected chi connectivity index (χ1v) is 11.9. The predicted octanol–water partition coefficient (Wildman–Crippen LogP) is 4.58. The smallest absolute Gasteiger partial charge is 0.305 e. The molecule has 0 amide bonds. The largest absolute Gasteiger partial charge is 0.481 e. The highest BCUT2D eigenvalue weighted by molar-refractivity contribution is 7.63. The number of rotatable bonds is 6. The van der Waals surface area contributed by atoms with Gasteiger partial charge in [-0.05, 0) is 47.5 Å². The lowest BCUT2D eigenvalue weighted by Gasteiger charge is -2.17. The zero-order valence-corrected chi connectivity index (χ0v) is 18.5. The molecule has 0 saturated heterocycles. The SMILES string of the molecule is CC(C)c1c(C#CP(=O)(O)CC(O)CC(=O)O)c(-c2ccc(F)cc2)nc2ccccc12. The molecule has 0 radical (unpaired) electrons. The van der Waals surface area contributed by atoms with E-state index in [9.17, 15) is 23.7 Å². The molecule has 0 aliphatic heterocycles. The van der Waals surface area contributed by atoms with Gasteiger partial charge in [-0.2, -0.15) is 0 Å². The van der Waals surface area contributed by atoms with Gasteiger partial charge in [-0.1, -0.05) is 38.0 Å². The number of aliphatic carboxylic acids is 1. The van der Waals surface area contributed by atoms with Gasteiger partial charge < -0.3 is 15.1 Å². The van der Waals surface area contributed by atoms with Crippen molar-refractivity contribution in [3.05, 3.63) is 65.5 Å². The lowest BCUT2D eigenvalue weighted by Crippen LogP contribution is -2.17. The van der Waals surface area contributed by atoms with Crippen LogP contribution in [-0.2, 0) is 9.36 Å². The van der Waals surface area contributed by atoms with Crippen molar-refractivity contribution < 1.29 is 28.9 Å². The van der Waals surface area contributed by atoms with Crippen LogP contribution in [0.2, 0.25) is 0 Å². The molecule has 3 N–H and O–H groups in total. The summed E-state index contributed by atoms with van der Waals surface area (Å²) >= 11 is 0. The second-order valence-corrected chi connectivity index (χ2v) is 9.79. The number of carboxylic acids is 1. The Balaban J connectivity index is 2.21. The van der Waals surface area contributed by atoms with Crippen LogP contribution in [0.25, 0.3) is 22.2 Å². The van der Waals surface area contributed by atoms with Crippen LogP contribution < -0.4 is 0 Å². The highest BCUT2D eigenvalue weighted by Gasteiger charge is 2.23. The monoisotopic (exact) mass is 455 g/mol. The molecule has 0 fully saturated rings. The molecular weight excluding hydrogens is 432 g/mol. The Kier molecular flexibility index (Phi) is 7.10. The first-order chi connectivity index (χ1) is 15.1. The van der Waals surface area contributed by atoms with E-state index in [0.717, 1.165) is 10.9 Å². The van der Waals surface area contributed by atoms with Crippen molar-refractivity contribution in [1.29, 1.82) is 0 Å². The number of benzene rings is 2. The fourth-order valence-corrected chi connectivity index (χ4v) is 4.60. The van der Waals surface area contributed by atoms with Gasteiger partial charge in [0.05, 0.1) is 35.5 Å². The zero-order valence-electron chi connectivity index (χ0n) is 17.6. The molecule has 1 aromatic heterocycles. The number of aliphatic hydroxyl groups excluding tert-OH is 1. The molecule has 2 unspecified atom stereocenters. The fraction of sp³-hybridized carbons (Fsp3) is 0.250. The van der Waals surface area contributed by atoms with E-state index in [0.29, 0.717) is 22.3 Å². The van der Waals surface area contributed by atoms with Gasteiger partial charge in [0.1, 0.15) is 5.82 Å². The molecule has 2 aromatic carbocycles. The average Bonchev–Trinajstić information content (AvgIpc) is 2.70. The van der Waals surface area contributed by atoms with E-state index in [2.05, 4.69) is 11.6 Å². The number of halogens is 1. The summed E-state index contributed by atoms with van der Waals surface area (Å²) in [6.07, 6.45) is -2.80. The van der Waals surface area contributed by atoms with E-state index in [4.69, 9.17) is 10.1 Å². The first-order valence-electron chi connectivity index (χ1n) is 10.0. The normalized spacial score (nSPS) is 13.9. The van der Waals surface area contributed by atoms with E-state index in [1.807, 2.05) is 38.1 Å². The number of hydrogen-bond donors (Lipinski definition) is 3. The van der Waals surface area contributed by atoms with E-state index in [1.54, 1.807) is 12.1 Å². The Labute approximate surface area is 185 Å². The number of hydrogen-bond acceptors (Lipinski definition) is 4. The summed E-state index contributed by atoms with van der Waals surface area (Å²) in [4.78, 5) is 25.7. The highest BCUT2D eigenvalue weighted by atomic mass is 31.2. The quantitative estimate of drug-likeness (QED) is 0.371. The summed E-state index contributed by atoms with van der Waals surface area (Å²) in [7, 11) is -4.16. The first kappa shape index (κ1) is 23.6. The Morgan fingerprint density at radius 2 is 1.81 bits per heavy atom. The van der Waals surface area contributed by atoms with Crippen molar-refractivity contribution in [2.75, 3.05) is 6.16 Å². The number of aromatic nitrogens is 1. The van der Waals surface area contributed by atoms with E-state index < -0.39 is 37.8 Å². The van der Waals surface area contributed by atoms with Gasteiger partial charge in [-0.3, -0.25) is 9.36 Å². The van der Waals surface area contributed by atoms with Crippen LogP contribution in [0.15, 0.2) is 48.5 Å². The maximum Gasteiger partial charge on any atom is 0.305 e. The van der Waals surface area contributed by atoms with Gasteiger partial charge >= 0.3 is 5.97 Å². The lowest BCUT2D eigenvalue weighted by molar-refractivity contribution is -0.138. The molecule has 1 heterocycles. The number of para-hydroxylation sites is 1. The van der Waals surface area contributed by atoms with Crippen molar-refractivity contribution in [1.82, 2.24) is 4.98 Å². The Morgan fingerprint density at radius 3 is 2.44 bits per heavy atom. The van der Waals surface area contributed by atoms with E-state index >= 15 is 0 Å². The molecule has 0 aliphatic rings. The number of carbonyl (C=O) groups is 1. The summed E-state index contributed by atoms with van der Waals surface area (Å²) in [5, 5.41) is 19.4. The summed E-state index contributed by atoms with van der Waals surface area (Å²) in [6, 6.07) is 13.2. The maximum absolute atomic E-state index is 13.5. The molecule has 166 valence electrons. The number of nitrogens with zero attached hydrogens (tertiary/aromatic N) is 1. The number of fused-ring (bicyclic) bond motifs is 1. The average molecular weight is 455 g/mol. The number of pyridine rings is 1. The number of aliphatic hydroxyl groups is 1.